The number of ether oxygens (including phenoxy) is 1. The molecule has 0 saturated carbocycles. The molecule has 140 valence electrons. The summed E-state index contributed by atoms with van der Waals surface area (Å²) in [5, 5.41) is 17.9. The van der Waals surface area contributed by atoms with Gasteiger partial charge in [-0.3, -0.25) is 5.10 Å². The van der Waals surface area contributed by atoms with Crippen LogP contribution in [0.3, 0.4) is 0 Å². The molecule has 0 saturated heterocycles. The zero-order valence-electron chi connectivity index (χ0n) is 15.3. The number of hydrogen-bond donors (Lipinski definition) is 2. The fourth-order valence-corrected chi connectivity index (χ4v) is 3.16. The van der Waals surface area contributed by atoms with Crippen molar-refractivity contribution in [3.63, 3.8) is 0 Å². The van der Waals surface area contributed by atoms with Crippen LogP contribution in [0.5, 0.6) is 11.5 Å². The minimum absolute atomic E-state index is 0.0507. The van der Waals surface area contributed by atoms with Gasteiger partial charge in [0.1, 0.15) is 29.6 Å². The molecule has 4 rings (SSSR count). The van der Waals surface area contributed by atoms with Crippen molar-refractivity contribution in [2.24, 2.45) is 0 Å². The van der Waals surface area contributed by atoms with Gasteiger partial charge >= 0.3 is 0 Å². The third-order valence-electron chi connectivity index (χ3n) is 4.59. The van der Waals surface area contributed by atoms with E-state index in [-0.39, 0.29) is 18.2 Å². The SMILES string of the molecule is Cc1[nH]nc(-c2ccc(OCc3ccccc3F)cc2O)c1-c1ccccc1. The van der Waals surface area contributed by atoms with Gasteiger partial charge in [-0.15, -0.1) is 0 Å². The number of hydrogen-bond acceptors (Lipinski definition) is 3. The molecule has 5 heteroatoms. The summed E-state index contributed by atoms with van der Waals surface area (Å²) in [4.78, 5) is 0. The number of H-pyrrole nitrogens is 1. The highest BCUT2D eigenvalue weighted by Crippen LogP contribution is 2.38. The summed E-state index contributed by atoms with van der Waals surface area (Å²) in [5.74, 6) is 0.190. The first-order valence-corrected chi connectivity index (χ1v) is 8.93. The van der Waals surface area contributed by atoms with E-state index in [1.807, 2.05) is 37.3 Å². The number of phenolic OH excluding ortho intramolecular Hbond substituents is 1. The monoisotopic (exact) mass is 374 g/mol. The number of aromatic amines is 1. The van der Waals surface area contributed by atoms with Crippen LogP contribution in [0.4, 0.5) is 4.39 Å². The molecule has 0 unspecified atom stereocenters. The number of benzene rings is 3. The maximum atomic E-state index is 13.7. The molecule has 1 aromatic heterocycles. The second kappa shape index (κ2) is 7.56. The zero-order chi connectivity index (χ0) is 19.5. The van der Waals surface area contributed by atoms with E-state index in [1.54, 1.807) is 30.3 Å². The number of aromatic hydroxyl groups is 1. The minimum Gasteiger partial charge on any atom is -0.507 e. The van der Waals surface area contributed by atoms with Gasteiger partial charge in [0, 0.05) is 28.5 Å². The van der Waals surface area contributed by atoms with Crippen LogP contribution < -0.4 is 4.74 Å². The van der Waals surface area contributed by atoms with Crippen LogP contribution >= 0.6 is 0 Å². The molecule has 0 atom stereocenters. The number of rotatable bonds is 5. The molecule has 0 amide bonds. The van der Waals surface area contributed by atoms with Gasteiger partial charge in [0.2, 0.25) is 0 Å². The quantitative estimate of drug-likeness (QED) is 0.487. The van der Waals surface area contributed by atoms with Crippen molar-refractivity contribution in [3.05, 3.63) is 89.9 Å². The Morgan fingerprint density at radius 2 is 1.75 bits per heavy atom. The van der Waals surface area contributed by atoms with Gasteiger partial charge in [0.15, 0.2) is 0 Å². The Labute approximate surface area is 162 Å². The van der Waals surface area contributed by atoms with Gasteiger partial charge in [0.25, 0.3) is 0 Å². The summed E-state index contributed by atoms with van der Waals surface area (Å²) in [6, 6.07) is 21.4. The summed E-state index contributed by atoms with van der Waals surface area (Å²) in [6.45, 7) is 2.03. The topological polar surface area (TPSA) is 58.1 Å². The summed E-state index contributed by atoms with van der Waals surface area (Å²) in [5.41, 5.74) is 4.60. The maximum absolute atomic E-state index is 13.7. The van der Waals surface area contributed by atoms with Crippen molar-refractivity contribution in [2.45, 2.75) is 13.5 Å². The van der Waals surface area contributed by atoms with Gasteiger partial charge < -0.3 is 9.84 Å². The van der Waals surface area contributed by atoms with Crippen molar-refractivity contribution in [1.82, 2.24) is 10.2 Å². The molecule has 0 aliphatic rings. The first-order valence-electron chi connectivity index (χ1n) is 8.93. The highest BCUT2D eigenvalue weighted by Gasteiger charge is 2.17. The molecular weight excluding hydrogens is 355 g/mol. The lowest BCUT2D eigenvalue weighted by atomic mass is 9.99. The van der Waals surface area contributed by atoms with Crippen molar-refractivity contribution >= 4 is 0 Å². The Morgan fingerprint density at radius 3 is 2.50 bits per heavy atom. The summed E-state index contributed by atoms with van der Waals surface area (Å²) >= 11 is 0. The minimum atomic E-state index is -0.317. The average Bonchev–Trinajstić information content (AvgIpc) is 3.09. The Hall–Kier alpha value is -3.60. The number of aromatic nitrogens is 2. The molecule has 0 aliphatic heterocycles. The molecule has 0 radical (unpaired) electrons. The lowest BCUT2D eigenvalue weighted by molar-refractivity contribution is 0.298. The predicted molar refractivity (Wildman–Crippen MR) is 107 cm³/mol. The van der Waals surface area contributed by atoms with Gasteiger partial charge in [-0.05, 0) is 30.7 Å². The molecule has 28 heavy (non-hydrogen) atoms. The molecule has 1 heterocycles. The fourth-order valence-electron chi connectivity index (χ4n) is 3.16. The standard InChI is InChI=1S/C23H19FN2O2/c1-15-22(16-7-3-2-4-8-16)23(26-25-15)19-12-11-18(13-21(19)27)28-14-17-9-5-6-10-20(17)24/h2-13,27H,14H2,1H3,(H,25,26). The second-order valence-electron chi connectivity index (χ2n) is 6.50. The van der Waals surface area contributed by atoms with E-state index in [1.165, 1.54) is 12.1 Å². The maximum Gasteiger partial charge on any atom is 0.129 e. The smallest absolute Gasteiger partial charge is 0.129 e. The van der Waals surface area contributed by atoms with E-state index in [4.69, 9.17) is 4.74 Å². The van der Waals surface area contributed by atoms with E-state index in [0.717, 1.165) is 16.8 Å². The van der Waals surface area contributed by atoms with Crippen molar-refractivity contribution in [1.29, 1.82) is 0 Å². The Balaban J connectivity index is 1.62. The van der Waals surface area contributed by atoms with Crippen LogP contribution in [0.25, 0.3) is 22.4 Å². The number of halogens is 1. The van der Waals surface area contributed by atoms with Gasteiger partial charge in [0.05, 0.1) is 0 Å². The number of nitrogens with zero attached hydrogens (tertiary/aromatic N) is 1. The van der Waals surface area contributed by atoms with Crippen LogP contribution in [-0.4, -0.2) is 15.3 Å². The first-order chi connectivity index (χ1) is 13.6. The zero-order valence-corrected chi connectivity index (χ0v) is 15.3. The van der Waals surface area contributed by atoms with E-state index >= 15 is 0 Å². The summed E-state index contributed by atoms with van der Waals surface area (Å²) in [7, 11) is 0. The second-order valence-corrected chi connectivity index (χ2v) is 6.50. The summed E-state index contributed by atoms with van der Waals surface area (Å²) < 4.78 is 19.4. The third-order valence-corrected chi connectivity index (χ3v) is 4.59. The lowest BCUT2D eigenvalue weighted by Crippen LogP contribution is -1.98. The van der Waals surface area contributed by atoms with Crippen LogP contribution in [0.15, 0.2) is 72.8 Å². The highest BCUT2D eigenvalue weighted by atomic mass is 19.1. The number of aryl methyl sites for hydroxylation is 1. The van der Waals surface area contributed by atoms with Crippen LogP contribution in [0.1, 0.15) is 11.3 Å². The predicted octanol–water partition coefficient (Wildman–Crippen LogP) is 5.48. The van der Waals surface area contributed by atoms with Crippen molar-refractivity contribution in [2.75, 3.05) is 0 Å². The number of phenols is 1. The van der Waals surface area contributed by atoms with E-state index in [2.05, 4.69) is 10.2 Å². The first kappa shape index (κ1) is 17.8. The molecule has 2 N–H and O–H groups in total. The lowest BCUT2D eigenvalue weighted by Gasteiger charge is -2.10. The largest absolute Gasteiger partial charge is 0.507 e. The third kappa shape index (κ3) is 3.47. The molecule has 0 spiro atoms. The average molecular weight is 374 g/mol. The summed E-state index contributed by atoms with van der Waals surface area (Å²) in [6.07, 6.45) is 0. The number of nitrogens with one attached hydrogen (secondary N) is 1. The highest BCUT2D eigenvalue weighted by molar-refractivity contribution is 5.85. The molecule has 0 aliphatic carbocycles. The van der Waals surface area contributed by atoms with E-state index < -0.39 is 0 Å². The van der Waals surface area contributed by atoms with E-state index in [0.29, 0.717) is 22.6 Å². The van der Waals surface area contributed by atoms with Gasteiger partial charge in [-0.25, -0.2) is 4.39 Å². The molecular formula is C23H19FN2O2. The Morgan fingerprint density at radius 1 is 1.00 bits per heavy atom. The normalized spacial score (nSPS) is 10.8. The Bertz CT molecular complexity index is 1110. The van der Waals surface area contributed by atoms with Gasteiger partial charge in [-0.1, -0.05) is 48.5 Å². The van der Waals surface area contributed by atoms with Crippen LogP contribution in [0.2, 0.25) is 0 Å². The molecule has 4 nitrogen and oxygen atoms in total. The Kier molecular flexibility index (Phi) is 4.81. The molecule has 4 aromatic rings. The van der Waals surface area contributed by atoms with Crippen molar-refractivity contribution in [3.8, 4) is 33.9 Å². The fraction of sp³-hybridized carbons (Fsp3) is 0.0870. The molecule has 0 fully saturated rings. The molecule has 0 bridgehead atoms. The van der Waals surface area contributed by atoms with Crippen molar-refractivity contribution < 1.29 is 14.2 Å². The van der Waals surface area contributed by atoms with Gasteiger partial charge in [-0.2, -0.15) is 5.10 Å². The van der Waals surface area contributed by atoms with E-state index in [9.17, 15) is 9.50 Å². The van der Waals surface area contributed by atoms with Crippen LogP contribution in [-0.2, 0) is 6.61 Å². The van der Waals surface area contributed by atoms with Crippen LogP contribution in [0, 0.1) is 12.7 Å². The molecule has 3 aromatic carbocycles.